The second kappa shape index (κ2) is 8.29. The Kier molecular flexibility index (Phi) is 5.32. The highest BCUT2D eigenvalue weighted by molar-refractivity contribution is 7.11. The van der Waals surface area contributed by atoms with Crippen molar-refractivity contribution in [1.29, 1.82) is 5.26 Å². The molecule has 1 fully saturated rings. The Hall–Kier alpha value is -3.36. The van der Waals surface area contributed by atoms with Gasteiger partial charge >= 0.3 is 0 Å². The van der Waals surface area contributed by atoms with Crippen molar-refractivity contribution in [2.24, 2.45) is 0 Å². The topological polar surface area (TPSA) is 119 Å². The molecule has 1 aliphatic heterocycles. The van der Waals surface area contributed by atoms with Gasteiger partial charge < -0.3 is 10.1 Å². The van der Waals surface area contributed by atoms with E-state index in [0.717, 1.165) is 52.9 Å². The van der Waals surface area contributed by atoms with Crippen molar-refractivity contribution in [3.8, 4) is 23.1 Å². The zero-order valence-electron chi connectivity index (χ0n) is 18.1. The summed E-state index contributed by atoms with van der Waals surface area (Å²) in [6.45, 7) is 7.83. The number of hydrogen-bond acceptors (Lipinski definition) is 9. The summed E-state index contributed by atoms with van der Waals surface area (Å²) in [6, 6.07) is 4.45. The normalized spacial score (nSPS) is 15.7. The molecule has 4 aromatic rings. The number of aryl methyl sites for hydroxylation is 1. The highest BCUT2D eigenvalue weighted by atomic mass is 32.1. The predicted octanol–water partition coefficient (Wildman–Crippen LogP) is 3.00. The van der Waals surface area contributed by atoms with Crippen molar-refractivity contribution < 1.29 is 4.74 Å². The Balaban J connectivity index is 1.56. The van der Waals surface area contributed by atoms with Gasteiger partial charge in [0, 0.05) is 11.8 Å². The fraction of sp³-hybridized carbons (Fsp3) is 0.429. The van der Waals surface area contributed by atoms with E-state index in [1.165, 1.54) is 11.3 Å². The second-order valence-electron chi connectivity index (χ2n) is 7.92. The lowest BCUT2D eigenvalue weighted by Crippen LogP contribution is -2.30. The van der Waals surface area contributed by atoms with E-state index in [4.69, 9.17) is 4.74 Å². The lowest BCUT2D eigenvalue weighted by atomic mass is 10.1. The van der Waals surface area contributed by atoms with Gasteiger partial charge in [0.05, 0.1) is 17.9 Å². The van der Waals surface area contributed by atoms with E-state index in [1.54, 1.807) is 10.7 Å². The number of nitrogens with one attached hydrogen (secondary N) is 1. The van der Waals surface area contributed by atoms with Gasteiger partial charge in [-0.2, -0.15) is 10.4 Å². The molecule has 0 amide bonds. The number of fused-ring (bicyclic) bond motifs is 1. The van der Waals surface area contributed by atoms with E-state index >= 15 is 0 Å². The molecule has 1 aliphatic rings. The molecule has 1 unspecified atom stereocenters. The van der Waals surface area contributed by atoms with Crippen LogP contribution in [0.1, 0.15) is 53.2 Å². The third kappa shape index (κ3) is 3.61. The number of rotatable bonds is 5. The lowest BCUT2D eigenvalue weighted by Gasteiger charge is -2.23. The molecule has 0 spiro atoms. The summed E-state index contributed by atoms with van der Waals surface area (Å²) in [5.74, 6) is 0.549. The van der Waals surface area contributed by atoms with Crippen molar-refractivity contribution in [3.63, 3.8) is 0 Å². The van der Waals surface area contributed by atoms with Crippen molar-refractivity contribution in [3.05, 3.63) is 39.7 Å². The molecule has 10 nitrogen and oxygen atoms in total. The van der Waals surface area contributed by atoms with Crippen molar-refractivity contribution in [2.45, 2.75) is 45.8 Å². The first-order chi connectivity index (χ1) is 15.5. The maximum absolute atomic E-state index is 9.57. The minimum atomic E-state index is -0.326. The first-order valence-corrected chi connectivity index (χ1v) is 11.4. The van der Waals surface area contributed by atoms with E-state index in [0.29, 0.717) is 22.9 Å². The van der Waals surface area contributed by atoms with E-state index in [2.05, 4.69) is 37.0 Å². The van der Waals surface area contributed by atoms with Gasteiger partial charge in [-0.1, -0.05) is 16.6 Å². The van der Waals surface area contributed by atoms with E-state index in [-0.39, 0.29) is 6.10 Å². The van der Waals surface area contributed by atoms with E-state index < -0.39 is 0 Å². The molecule has 5 rings (SSSR count). The first kappa shape index (κ1) is 20.5. The molecule has 0 radical (unpaired) electrons. The minimum Gasteiger partial charge on any atom is -0.481 e. The second-order valence-corrected chi connectivity index (χ2v) is 9.14. The van der Waals surface area contributed by atoms with Crippen LogP contribution in [0.2, 0.25) is 0 Å². The summed E-state index contributed by atoms with van der Waals surface area (Å²) in [6.07, 6.45) is 5.14. The average molecular weight is 450 g/mol. The molecule has 4 aromatic heterocycles. The molecule has 0 saturated carbocycles. The van der Waals surface area contributed by atoms with Crippen molar-refractivity contribution >= 4 is 16.9 Å². The Labute approximate surface area is 188 Å². The standard InChI is InChI=1S/C21H23N9OS/c1-12-19(26-28-30(12)17-4-6-23-7-5-17)15-8-18(20-16(9-22)10-24-29(20)11-15)31-13(2)21-27-25-14(3)32-21/h8,10-11,13,17,23H,4-7H2,1-3H3. The van der Waals surface area contributed by atoms with Crippen LogP contribution in [0.4, 0.5) is 0 Å². The minimum absolute atomic E-state index is 0.326. The summed E-state index contributed by atoms with van der Waals surface area (Å²) < 4.78 is 9.98. The SMILES string of the molecule is Cc1nnc(C(C)Oc2cc(-c3nnn(C4CCNCC4)c3C)cn3ncc(C#N)c23)s1. The molecule has 1 N–H and O–H groups in total. The highest BCUT2D eigenvalue weighted by Gasteiger charge is 2.23. The number of pyridine rings is 1. The van der Waals surface area contributed by atoms with Gasteiger partial charge in [0.15, 0.2) is 5.01 Å². The predicted molar refractivity (Wildman–Crippen MR) is 118 cm³/mol. The van der Waals surface area contributed by atoms with Crippen molar-refractivity contribution in [1.82, 2.24) is 40.1 Å². The summed E-state index contributed by atoms with van der Waals surface area (Å²) in [4.78, 5) is 0. The first-order valence-electron chi connectivity index (χ1n) is 10.6. The van der Waals surface area contributed by atoms with Crippen LogP contribution >= 0.6 is 11.3 Å². The fourth-order valence-electron chi connectivity index (χ4n) is 4.11. The van der Waals surface area contributed by atoms with E-state index in [1.807, 2.05) is 37.7 Å². The molecule has 1 atom stereocenters. The van der Waals surface area contributed by atoms with Crippen LogP contribution in [0.25, 0.3) is 16.8 Å². The molecule has 5 heterocycles. The van der Waals surface area contributed by atoms with Gasteiger partial charge in [0.25, 0.3) is 0 Å². The van der Waals surface area contributed by atoms with Gasteiger partial charge in [0.2, 0.25) is 0 Å². The largest absolute Gasteiger partial charge is 0.481 e. The number of piperidine rings is 1. The molecular weight excluding hydrogens is 426 g/mol. The summed E-state index contributed by atoms with van der Waals surface area (Å²) in [5, 5.41) is 36.2. The van der Waals surface area contributed by atoms with Crippen LogP contribution in [0, 0.1) is 25.2 Å². The van der Waals surface area contributed by atoms with Crippen LogP contribution in [-0.2, 0) is 0 Å². The van der Waals surface area contributed by atoms with E-state index in [9.17, 15) is 5.26 Å². The number of nitrogens with zero attached hydrogens (tertiary/aromatic N) is 8. The molecule has 0 aliphatic carbocycles. The molecule has 32 heavy (non-hydrogen) atoms. The summed E-state index contributed by atoms with van der Waals surface area (Å²) >= 11 is 1.49. The van der Waals surface area contributed by atoms with Crippen molar-refractivity contribution in [2.75, 3.05) is 13.1 Å². The van der Waals surface area contributed by atoms with Gasteiger partial charge in [-0.15, -0.1) is 15.3 Å². The molecule has 1 saturated heterocycles. The Morgan fingerprint density at radius 3 is 2.78 bits per heavy atom. The van der Waals surface area contributed by atoms with Gasteiger partial charge in [-0.25, -0.2) is 9.20 Å². The Bertz CT molecular complexity index is 1310. The quantitative estimate of drug-likeness (QED) is 0.494. The van der Waals surface area contributed by atoms with Crippen LogP contribution in [-0.4, -0.2) is 47.9 Å². The maximum Gasteiger partial charge on any atom is 0.157 e. The number of nitriles is 1. The lowest BCUT2D eigenvalue weighted by molar-refractivity contribution is 0.227. The smallest absolute Gasteiger partial charge is 0.157 e. The molecule has 0 aromatic carbocycles. The Morgan fingerprint density at radius 1 is 1.25 bits per heavy atom. The number of ether oxygens (including phenoxy) is 1. The average Bonchev–Trinajstić information content (AvgIpc) is 3.52. The molecular formula is C21H23N9OS. The van der Waals surface area contributed by atoms with Gasteiger partial charge in [0.1, 0.15) is 39.7 Å². The van der Waals surface area contributed by atoms with Gasteiger partial charge in [-0.05, 0) is 52.8 Å². The summed E-state index contributed by atoms with van der Waals surface area (Å²) in [5.41, 5.74) is 3.68. The third-order valence-corrected chi connectivity index (χ3v) is 6.75. The third-order valence-electron chi connectivity index (χ3n) is 5.75. The Morgan fingerprint density at radius 2 is 2.06 bits per heavy atom. The number of hydrogen-bond donors (Lipinski definition) is 1. The van der Waals surface area contributed by atoms with Crippen LogP contribution in [0.3, 0.4) is 0 Å². The van der Waals surface area contributed by atoms with Crippen LogP contribution < -0.4 is 10.1 Å². The zero-order chi connectivity index (χ0) is 22.2. The van der Waals surface area contributed by atoms with Gasteiger partial charge in [-0.3, -0.25) is 0 Å². The highest BCUT2D eigenvalue weighted by Crippen LogP contribution is 2.34. The fourth-order valence-corrected chi connectivity index (χ4v) is 4.79. The maximum atomic E-state index is 9.57. The van der Waals surface area contributed by atoms with Crippen LogP contribution in [0.5, 0.6) is 5.75 Å². The monoisotopic (exact) mass is 449 g/mol. The summed E-state index contributed by atoms with van der Waals surface area (Å²) in [7, 11) is 0. The number of aromatic nitrogens is 7. The molecule has 0 bridgehead atoms. The molecule has 11 heteroatoms. The van der Waals surface area contributed by atoms with Crippen LogP contribution in [0.15, 0.2) is 18.5 Å². The zero-order valence-corrected chi connectivity index (χ0v) is 18.9. The molecule has 164 valence electrons.